The first-order chi connectivity index (χ1) is 9.50. The van der Waals surface area contributed by atoms with Gasteiger partial charge in [0.1, 0.15) is 0 Å². The van der Waals surface area contributed by atoms with E-state index in [-0.39, 0.29) is 6.42 Å². The summed E-state index contributed by atoms with van der Waals surface area (Å²) in [6.07, 6.45) is -0.0609. The summed E-state index contributed by atoms with van der Waals surface area (Å²) in [4.78, 5) is 22.1. The molecule has 104 valence electrons. The maximum atomic E-state index is 11.2. The third-order valence-electron chi connectivity index (χ3n) is 3.17. The highest BCUT2D eigenvalue weighted by atomic mass is 32.1. The van der Waals surface area contributed by atoms with Gasteiger partial charge in [-0.15, -0.1) is 0 Å². The molecule has 2 N–H and O–H groups in total. The molecule has 1 atom stereocenters. The van der Waals surface area contributed by atoms with Gasteiger partial charge in [-0.2, -0.15) is 11.3 Å². The van der Waals surface area contributed by atoms with Gasteiger partial charge in [-0.05, 0) is 39.9 Å². The van der Waals surface area contributed by atoms with Gasteiger partial charge in [0, 0.05) is 0 Å². The van der Waals surface area contributed by atoms with E-state index in [1.165, 1.54) is 11.3 Å². The second kappa shape index (κ2) is 5.88. The number of hydrogen-bond acceptors (Lipinski definition) is 3. The molecule has 0 bridgehead atoms. The lowest BCUT2D eigenvalue weighted by Gasteiger charge is -2.13. The summed E-state index contributed by atoms with van der Waals surface area (Å²) in [6.45, 7) is 1.63. The van der Waals surface area contributed by atoms with Gasteiger partial charge in [-0.25, -0.2) is 0 Å². The third-order valence-corrected chi connectivity index (χ3v) is 3.96. The van der Waals surface area contributed by atoms with Crippen molar-refractivity contribution in [3.8, 4) is 11.1 Å². The maximum Gasteiger partial charge on any atom is 0.310 e. The number of hydrogen-bond donors (Lipinski definition) is 2. The first-order valence-electron chi connectivity index (χ1n) is 6.09. The predicted octanol–water partition coefficient (Wildman–Crippen LogP) is 3.23. The van der Waals surface area contributed by atoms with Crippen molar-refractivity contribution in [2.24, 2.45) is 0 Å². The van der Waals surface area contributed by atoms with Crippen molar-refractivity contribution in [1.29, 1.82) is 0 Å². The molecule has 0 amide bonds. The Bertz CT molecular complexity index is 645. The van der Waals surface area contributed by atoms with Gasteiger partial charge >= 0.3 is 11.9 Å². The average Bonchev–Trinajstić information content (AvgIpc) is 2.85. The molecule has 1 heterocycles. The molecule has 4 nitrogen and oxygen atoms in total. The van der Waals surface area contributed by atoms with Crippen molar-refractivity contribution in [2.45, 2.75) is 19.3 Å². The van der Waals surface area contributed by atoms with Crippen LogP contribution in [-0.2, 0) is 16.0 Å². The fraction of sp³-hybridized carbons (Fsp3) is 0.200. The molecule has 0 radical (unpaired) electrons. The normalized spacial score (nSPS) is 12.1. The molecule has 0 saturated carbocycles. The topological polar surface area (TPSA) is 74.6 Å². The Morgan fingerprint density at radius 3 is 2.50 bits per heavy atom. The molecule has 1 aromatic carbocycles. The van der Waals surface area contributed by atoms with Crippen molar-refractivity contribution in [2.75, 3.05) is 0 Å². The van der Waals surface area contributed by atoms with Crippen LogP contribution in [0.25, 0.3) is 11.1 Å². The van der Waals surface area contributed by atoms with E-state index in [9.17, 15) is 14.7 Å². The zero-order valence-electron chi connectivity index (χ0n) is 10.9. The van der Waals surface area contributed by atoms with E-state index in [2.05, 4.69) is 0 Å². The summed E-state index contributed by atoms with van der Waals surface area (Å²) >= 11 is 1.42. The van der Waals surface area contributed by atoms with E-state index in [0.29, 0.717) is 11.1 Å². The van der Waals surface area contributed by atoms with Gasteiger partial charge < -0.3 is 10.2 Å². The van der Waals surface area contributed by atoms with Gasteiger partial charge in [0.2, 0.25) is 0 Å². The fourth-order valence-corrected chi connectivity index (χ4v) is 2.97. The first-order valence-corrected chi connectivity index (χ1v) is 7.04. The molecule has 1 aromatic heterocycles. The molecular weight excluding hydrogens is 276 g/mol. The molecule has 0 fully saturated rings. The van der Waals surface area contributed by atoms with Crippen LogP contribution < -0.4 is 0 Å². The average molecular weight is 290 g/mol. The van der Waals surface area contributed by atoms with Crippen molar-refractivity contribution in [3.63, 3.8) is 0 Å². The molecule has 0 aliphatic rings. The van der Waals surface area contributed by atoms with E-state index in [1.807, 2.05) is 17.5 Å². The van der Waals surface area contributed by atoms with E-state index < -0.39 is 17.9 Å². The number of carbonyl (C=O) groups is 2. The Morgan fingerprint density at radius 2 is 1.85 bits per heavy atom. The molecule has 0 aliphatic carbocycles. The zero-order chi connectivity index (χ0) is 14.7. The Balaban J connectivity index is 2.51. The second-order valence-corrected chi connectivity index (χ2v) is 5.27. The van der Waals surface area contributed by atoms with Crippen molar-refractivity contribution in [3.05, 3.63) is 46.2 Å². The van der Waals surface area contributed by atoms with Crippen LogP contribution >= 0.6 is 11.3 Å². The zero-order valence-corrected chi connectivity index (χ0v) is 11.7. The van der Waals surface area contributed by atoms with Crippen LogP contribution in [-0.4, -0.2) is 22.2 Å². The molecular formula is C15H14O4S. The van der Waals surface area contributed by atoms with Gasteiger partial charge in [-0.3, -0.25) is 9.59 Å². The van der Waals surface area contributed by atoms with Crippen LogP contribution in [0, 0.1) is 0 Å². The molecule has 0 saturated heterocycles. The number of thiophene rings is 1. The van der Waals surface area contributed by atoms with Crippen LogP contribution in [0.15, 0.2) is 35.0 Å². The summed E-state index contributed by atoms with van der Waals surface area (Å²) < 4.78 is 0. The Hall–Kier alpha value is -2.14. The monoisotopic (exact) mass is 290 g/mol. The summed E-state index contributed by atoms with van der Waals surface area (Å²) in [5.74, 6) is -2.43. The van der Waals surface area contributed by atoms with Crippen molar-refractivity contribution < 1.29 is 19.8 Å². The highest BCUT2D eigenvalue weighted by Gasteiger charge is 2.20. The smallest absolute Gasteiger partial charge is 0.310 e. The quantitative estimate of drug-likeness (QED) is 0.886. The molecule has 1 unspecified atom stereocenters. The van der Waals surface area contributed by atoms with E-state index in [4.69, 9.17) is 5.11 Å². The standard InChI is InChI=1S/C15H14O4S/c1-9(15(18)19)11-4-2-3-5-12(11)13-8-20-7-10(13)6-14(16)17/h2-5,7-9H,6H2,1H3,(H,16,17)(H,18,19). The molecule has 0 aliphatic heterocycles. The van der Waals surface area contributed by atoms with Crippen LogP contribution in [0.4, 0.5) is 0 Å². The van der Waals surface area contributed by atoms with Gasteiger partial charge in [0.15, 0.2) is 0 Å². The van der Waals surface area contributed by atoms with E-state index in [0.717, 1.165) is 11.1 Å². The highest BCUT2D eigenvalue weighted by molar-refractivity contribution is 7.08. The van der Waals surface area contributed by atoms with Gasteiger partial charge in [0.25, 0.3) is 0 Å². The Morgan fingerprint density at radius 1 is 1.15 bits per heavy atom. The van der Waals surface area contributed by atoms with Crippen molar-refractivity contribution in [1.82, 2.24) is 0 Å². The highest BCUT2D eigenvalue weighted by Crippen LogP contribution is 2.34. The first kappa shape index (κ1) is 14.3. The SMILES string of the molecule is CC(C(=O)O)c1ccccc1-c1cscc1CC(=O)O. The second-order valence-electron chi connectivity index (χ2n) is 4.53. The maximum absolute atomic E-state index is 11.2. The molecule has 0 spiro atoms. The molecule has 20 heavy (non-hydrogen) atoms. The summed E-state index contributed by atoms with van der Waals surface area (Å²) in [7, 11) is 0. The van der Waals surface area contributed by atoms with E-state index >= 15 is 0 Å². The number of carboxylic acids is 2. The minimum absolute atomic E-state index is 0.0609. The number of rotatable bonds is 5. The Kier molecular flexibility index (Phi) is 4.20. The minimum Gasteiger partial charge on any atom is -0.481 e. The number of benzene rings is 1. The summed E-state index contributed by atoms with van der Waals surface area (Å²) in [5, 5.41) is 21.8. The van der Waals surface area contributed by atoms with Crippen LogP contribution in [0.3, 0.4) is 0 Å². The lowest BCUT2D eigenvalue weighted by atomic mass is 9.91. The number of aliphatic carboxylic acids is 2. The van der Waals surface area contributed by atoms with Crippen LogP contribution in [0.1, 0.15) is 24.0 Å². The van der Waals surface area contributed by atoms with E-state index in [1.54, 1.807) is 24.4 Å². The Labute approximate surface area is 120 Å². The fourth-order valence-electron chi connectivity index (χ4n) is 2.11. The predicted molar refractivity (Wildman–Crippen MR) is 77.1 cm³/mol. The molecule has 2 rings (SSSR count). The van der Waals surface area contributed by atoms with Gasteiger partial charge in [0.05, 0.1) is 12.3 Å². The molecule has 2 aromatic rings. The third kappa shape index (κ3) is 2.88. The summed E-state index contributed by atoms with van der Waals surface area (Å²) in [5.41, 5.74) is 3.01. The van der Waals surface area contributed by atoms with Crippen LogP contribution in [0.2, 0.25) is 0 Å². The van der Waals surface area contributed by atoms with Gasteiger partial charge in [-0.1, -0.05) is 24.3 Å². The number of carboxylic acid groups (broad SMARTS) is 2. The van der Waals surface area contributed by atoms with Crippen LogP contribution in [0.5, 0.6) is 0 Å². The lowest BCUT2D eigenvalue weighted by Crippen LogP contribution is -2.09. The van der Waals surface area contributed by atoms with Crippen molar-refractivity contribution >= 4 is 23.3 Å². The lowest BCUT2D eigenvalue weighted by molar-refractivity contribution is -0.138. The largest absolute Gasteiger partial charge is 0.481 e. The summed E-state index contributed by atoms with van der Waals surface area (Å²) in [6, 6.07) is 7.23. The minimum atomic E-state index is -0.896. The molecule has 5 heteroatoms.